The summed E-state index contributed by atoms with van der Waals surface area (Å²) >= 11 is 0. The molecular weight excluding hydrogens is 455 g/mol. The molecule has 0 bridgehead atoms. The van der Waals surface area contributed by atoms with E-state index < -0.39 is 0 Å². The minimum atomic E-state index is 0.377. The highest BCUT2D eigenvalue weighted by Crippen LogP contribution is 2.63. The number of hydrogen-bond acceptors (Lipinski definition) is 4. The minimum absolute atomic E-state index is 0.377. The van der Waals surface area contributed by atoms with Gasteiger partial charge >= 0.3 is 0 Å². The molecule has 196 valence electrons. The molecule has 3 saturated heterocycles. The molecule has 8 aliphatic rings. The van der Waals surface area contributed by atoms with Crippen LogP contribution in [0.25, 0.3) is 0 Å². The Labute approximate surface area is 223 Å². The molecular formula is C32H43BN2O2. The van der Waals surface area contributed by atoms with E-state index in [-0.39, 0.29) is 0 Å². The third kappa shape index (κ3) is 2.88. The van der Waals surface area contributed by atoms with Crippen molar-refractivity contribution in [3.8, 4) is 0 Å². The summed E-state index contributed by atoms with van der Waals surface area (Å²) in [5, 5.41) is 0. The van der Waals surface area contributed by atoms with Crippen molar-refractivity contribution in [1.29, 1.82) is 0 Å². The number of aryl methyl sites for hydroxylation is 3. The van der Waals surface area contributed by atoms with Crippen molar-refractivity contribution in [1.82, 2.24) is 4.90 Å². The van der Waals surface area contributed by atoms with E-state index in [0.717, 1.165) is 23.7 Å². The first kappa shape index (κ1) is 22.3. The van der Waals surface area contributed by atoms with Crippen LogP contribution < -0.4 is 5.46 Å². The maximum atomic E-state index is 6.99. The number of ether oxygens (including phenoxy) is 2. The van der Waals surface area contributed by atoms with E-state index in [4.69, 9.17) is 14.5 Å². The number of fused-ring (bicyclic) bond motifs is 4. The molecule has 0 spiro atoms. The van der Waals surface area contributed by atoms with Crippen LogP contribution in [-0.4, -0.2) is 54.1 Å². The van der Waals surface area contributed by atoms with Crippen LogP contribution in [0, 0.1) is 44.4 Å². The Morgan fingerprint density at radius 2 is 1.62 bits per heavy atom. The molecule has 0 radical (unpaired) electrons. The quantitative estimate of drug-likeness (QED) is 0.484. The summed E-state index contributed by atoms with van der Waals surface area (Å²) in [7, 11) is 0. The van der Waals surface area contributed by atoms with Crippen molar-refractivity contribution in [2.75, 3.05) is 0 Å². The molecule has 12 atom stereocenters. The van der Waals surface area contributed by atoms with Crippen LogP contribution in [0.4, 0.5) is 0 Å². The molecule has 1 aromatic rings. The van der Waals surface area contributed by atoms with Gasteiger partial charge in [-0.15, -0.1) is 0 Å². The lowest BCUT2D eigenvalue weighted by atomic mass is 9.22. The monoisotopic (exact) mass is 498 g/mol. The minimum Gasteiger partial charge on any atom is -0.461 e. The third-order valence-electron chi connectivity index (χ3n) is 12.8. The van der Waals surface area contributed by atoms with E-state index in [2.05, 4.69) is 37.8 Å². The van der Waals surface area contributed by atoms with Gasteiger partial charge in [-0.2, -0.15) is 0 Å². The Morgan fingerprint density at radius 1 is 0.811 bits per heavy atom. The topological polar surface area (TPSA) is 34.1 Å². The molecule has 4 aliphatic carbocycles. The van der Waals surface area contributed by atoms with Gasteiger partial charge in [-0.3, -0.25) is 0 Å². The number of benzene rings is 1. The SMILES string of the molecule is Cc1cc(C)c(B2C3CC4OC5CCCCC5C4C4N=C5OC6CCCC7CCC2C(C76)N5C34)c(C)c1. The van der Waals surface area contributed by atoms with Crippen molar-refractivity contribution < 1.29 is 9.47 Å². The Bertz CT molecular complexity index is 1140. The number of rotatable bonds is 1. The Kier molecular flexibility index (Phi) is 4.71. The lowest BCUT2D eigenvalue weighted by Gasteiger charge is -2.64. The summed E-state index contributed by atoms with van der Waals surface area (Å²) in [5.41, 5.74) is 6.17. The third-order valence-corrected chi connectivity index (χ3v) is 12.8. The van der Waals surface area contributed by atoms with Gasteiger partial charge in [0.1, 0.15) is 6.10 Å². The first-order valence-corrected chi connectivity index (χ1v) is 15.8. The smallest absolute Gasteiger partial charge is 0.288 e. The molecule has 4 saturated carbocycles. The number of hydrogen-bond donors (Lipinski definition) is 0. The Morgan fingerprint density at radius 3 is 2.49 bits per heavy atom. The number of nitrogens with zero attached hydrogens (tertiary/aromatic N) is 2. The molecule has 12 unspecified atom stereocenters. The predicted molar refractivity (Wildman–Crippen MR) is 148 cm³/mol. The second-order valence-corrected chi connectivity index (χ2v) is 14.4. The second-order valence-electron chi connectivity index (χ2n) is 14.4. The van der Waals surface area contributed by atoms with Crippen LogP contribution in [0.3, 0.4) is 0 Å². The summed E-state index contributed by atoms with van der Waals surface area (Å²) in [5.74, 6) is 4.22. The summed E-state index contributed by atoms with van der Waals surface area (Å²) in [6, 6.07) is 7.53. The molecule has 4 heterocycles. The molecule has 9 rings (SSSR count). The van der Waals surface area contributed by atoms with Crippen LogP contribution >= 0.6 is 0 Å². The average molecular weight is 499 g/mol. The second kappa shape index (κ2) is 7.80. The molecule has 4 nitrogen and oxygen atoms in total. The van der Waals surface area contributed by atoms with Crippen LogP contribution in [-0.2, 0) is 9.47 Å². The van der Waals surface area contributed by atoms with E-state index in [1.54, 1.807) is 5.46 Å². The lowest BCUT2D eigenvalue weighted by molar-refractivity contribution is -0.0912. The van der Waals surface area contributed by atoms with E-state index in [9.17, 15) is 0 Å². The molecule has 7 fully saturated rings. The van der Waals surface area contributed by atoms with Crippen LogP contribution in [0.15, 0.2) is 17.1 Å². The first-order valence-electron chi connectivity index (χ1n) is 15.8. The zero-order valence-corrected chi connectivity index (χ0v) is 22.9. The summed E-state index contributed by atoms with van der Waals surface area (Å²) in [6.07, 6.45) is 14.6. The van der Waals surface area contributed by atoms with Crippen LogP contribution in [0.1, 0.15) is 80.9 Å². The predicted octanol–water partition coefficient (Wildman–Crippen LogP) is 5.43. The molecule has 4 aliphatic heterocycles. The van der Waals surface area contributed by atoms with Crippen molar-refractivity contribution in [2.45, 2.75) is 133 Å². The molecule has 0 aromatic heterocycles. The molecule has 0 amide bonds. The van der Waals surface area contributed by atoms with Gasteiger partial charge in [0.15, 0.2) is 6.71 Å². The maximum Gasteiger partial charge on any atom is 0.288 e. The van der Waals surface area contributed by atoms with Gasteiger partial charge in [-0.25, -0.2) is 4.99 Å². The highest BCUT2D eigenvalue weighted by molar-refractivity contribution is 6.77. The first-order chi connectivity index (χ1) is 18.1. The van der Waals surface area contributed by atoms with Crippen molar-refractivity contribution in [3.63, 3.8) is 0 Å². The van der Waals surface area contributed by atoms with E-state index >= 15 is 0 Å². The standard InChI is InChI=1S/C32H43BN2O2/c1-16-13-17(2)28(18(3)14-16)33-21-12-11-19-7-6-10-24-26(19)30(21)35-31-22(33)15-25-27(29(31)34-32(35)37-24)20-8-4-5-9-23(20)36-25/h13-14,19-27,29-31H,4-12,15H2,1-3H3. The molecule has 5 heteroatoms. The van der Waals surface area contributed by atoms with Crippen molar-refractivity contribution >= 4 is 18.2 Å². The maximum absolute atomic E-state index is 6.99. The Balaban J connectivity index is 1.22. The van der Waals surface area contributed by atoms with Gasteiger partial charge in [0.25, 0.3) is 6.02 Å². The van der Waals surface area contributed by atoms with Crippen LogP contribution in [0.5, 0.6) is 0 Å². The fraction of sp³-hybridized carbons (Fsp3) is 0.781. The van der Waals surface area contributed by atoms with Gasteiger partial charge in [-0.05, 0) is 82.8 Å². The van der Waals surface area contributed by atoms with Gasteiger partial charge in [0.2, 0.25) is 0 Å². The summed E-state index contributed by atoms with van der Waals surface area (Å²) in [6.45, 7) is 7.72. The normalized spacial score (nSPS) is 48.6. The molecule has 1 aromatic carbocycles. The fourth-order valence-electron chi connectivity index (χ4n) is 12.0. The average Bonchev–Trinajstić information content (AvgIpc) is 3.44. The summed E-state index contributed by atoms with van der Waals surface area (Å²) < 4.78 is 13.9. The highest BCUT2D eigenvalue weighted by Gasteiger charge is 2.69. The van der Waals surface area contributed by atoms with Crippen molar-refractivity contribution in [2.24, 2.45) is 28.7 Å². The number of aliphatic imine (C=N–C) groups is 1. The Hall–Kier alpha value is -1.49. The lowest BCUT2D eigenvalue weighted by Crippen LogP contribution is -2.73. The fourth-order valence-corrected chi connectivity index (χ4v) is 12.0. The van der Waals surface area contributed by atoms with Gasteiger partial charge in [0.05, 0.1) is 24.3 Å². The zero-order valence-electron chi connectivity index (χ0n) is 22.9. The molecule has 0 N–H and O–H groups in total. The molecule has 37 heavy (non-hydrogen) atoms. The van der Waals surface area contributed by atoms with E-state index in [1.165, 1.54) is 80.9 Å². The zero-order chi connectivity index (χ0) is 24.6. The van der Waals surface area contributed by atoms with Gasteiger partial charge < -0.3 is 14.4 Å². The van der Waals surface area contributed by atoms with Crippen molar-refractivity contribution in [3.05, 3.63) is 28.8 Å². The largest absolute Gasteiger partial charge is 0.461 e. The summed E-state index contributed by atoms with van der Waals surface area (Å²) in [4.78, 5) is 8.46. The van der Waals surface area contributed by atoms with E-state index in [0.29, 0.717) is 60.8 Å². The highest BCUT2D eigenvalue weighted by atomic mass is 16.5. The van der Waals surface area contributed by atoms with Crippen LogP contribution in [0.2, 0.25) is 11.6 Å². The van der Waals surface area contributed by atoms with Gasteiger partial charge in [-0.1, -0.05) is 60.0 Å². The van der Waals surface area contributed by atoms with Gasteiger partial charge in [0, 0.05) is 17.9 Å². The number of amidine groups is 1. The van der Waals surface area contributed by atoms with E-state index in [1.807, 2.05) is 0 Å².